The van der Waals surface area contributed by atoms with Crippen LogP contribution >= 0.6 is 0 Å². The first-order valence-corrected chi connectivity index (χ1v) is 6.15. The van der Waals surface area contributed by atoms with Crippen molar-refractivity contribution in [2.24, 2.45) is 0 Å². The molecule has 0 spiro atoms. The van der Waals surface area contributed by atoms with Gasteiger partial charge in [-0.3, -0.25) is 0 Å². The number of nitrogens with zero attached hydrogens (tertiary/aromatic N) is 1. The quantitative estimate of drug-likeness (QED) is 0.802. The molecule has 1 unspecified atom stereocenters. The highest BCUT2D eigenvalue weighted by atomic mass is 16.6. The van der Waals surface area contributed by atoms with E-state index in [-0.39, 0.29) is 18.7 Å². The molecule has 0 bridgehead atoms. The van der Waals surface area contributed by atoms with E-state index in [2.05, 4.69) is 5.48 Å². The van der Waals surface area contributed by atoms with E-state index in [1.54, 1.807) is 4.90 Å². The largest absolute Gasteiger partial charge is 0.445 e. The Balaban J connectivity index is 1.81. The van der Waals surface area contributed by atoms with Crippen molar-refractivity contribution in [3.05, 3.63) is 35.9 Å². The maximum Gasteiger partial charge on any atom is 0.410 e. The number of nitrogens with one attached hydrogen (secondary N) is 1. The Morgan fingerprint density at radius 1 is 1.44 bits per heavy atom. The monoisotopic (exact) mass is 250 g/mol. The lowest BCUT2D eigenvalue weighted by Gasteiger charge is -2.31. The van der Waals surface area contributed by atoms with Crippen LogP contribution in [-0.2, 0) is 11.3 Å². The minimum absolute atomic E-state index is 0.0528. The van der Waals surface area contributed by atoms with E-state index in [4.69, 9.17) is 9.94 Å². The molecule has 0 radical (unpaired) electrons. The number of likely N-dealkylation sites (tertiary alicyclic amines) is 1. The molecule has 2 N–H and O–H groups in total. The predicted octanol–water partition coefficient (Wildman–Crippen LogP) is 1.77. The number of carbonyl (C=O) groups excluding carboxylic acids is 1. The summed E-state index contributed by atoms with van der Waals surface area (Å²) in [6.45, 7) is 1.46. The number of hydrogen-bond donors (Lipinski definition) is 2. The van der Waals surface area contributed by atoms with Crippen LogP contribution in [0.25, 0.3) is 0 Å². The Morgan fingerprint density at radius 2 is 2.22 bits per heavy atom. The van der Waals surface area contributed by atoms with E-state index in [1.165, 1.54) is 0 Å². The van der Waals surface area contributed by atoms with Gasteiger partial charge in [-0.25, -0.2) is 10.3 Å². The molecule has 1 aliphatic rings. The molecule has 1 fully saturated rings. The fourth-order valence-corrected chi connectivity index (χ4v) is 2.06. The number of hydroxylamine groups is 1. The summed E-state index contributed by atoms with van der Waals surface area (Å²) in [5.41, 5.74) is 3.19. The van der Waals surface area contributed by atoms with Crippen molar-refractivity contribution in [2.75, 3.05) is 13.1 Å². The van der Waals surface area contributed by atoms with Crippen molar-refractivity contribution < 1.29 is 14.7 Å². The second kappa shape index (κ2) is 6.37. The van der Waals surface area contributed by atoms with E-state index >= 15 is 0 Å². The van der Waals surface area contributed by atoms with Crippen molar-refractivity contribution >= 4 is 6.09 Å². The highest BCUT2D eigenvalue weighted by Crippen LogP contribution is 2.11. The van der Waals surface area contributed by atoms with Gasteiger partial charge in [0.15, 0.2) is 0 Å². The van der Waals surface area contributed by atoms with Gasteiger partial charge in [0, 0.05) is 19.1 Å². The molecule has 1 aliphatic heterocycles. The molecule has 5 nitrogen and oxygen atoms in total. The summed E-state index contributed by atoms with van der Waals surface area (Å²) in [4.78, 5) is 13.5. The highest BCUT2D eigenvalue weighted by Gasteiger charge is 2.24. The molecule has 0 saturated carbocycles. The second-order valence-electron chi connectivity index (χ2n) is 4.45. The standard InChI is InChI=1S/C13H18N2O3/c16-13(15-8-4-7-12(9-15)14-17)18-10-11-5-2-1-3-6-11/h1-3,5-6,12,14,17H,4,7-10H2. The first kappa shape index (κ1) is 12.9. The van der Waals surface area contributed by atoms with Crippen LogP contribution in [0.3, 0.4) is 0 Å². The van der Waals surface area contributed by atoms with Crippen molar-refractivity contribution in [3.8, 4) is 0 Å². The van der Waals surface area contributed by atoms with E-state index in [9.17, 15) is 4.79 Å². The summed E-state index contributed by atoms with van der Waals surface area (Å²) >= 11 is 0. The topological polar surface area (TPSA) is 61.8 Å². The Kier molecular flexibility index (Phi) is 4.55. The van der Waals surface area contributed by atoms with Crippen LogP contribution in [0.15, 0.2) is 30.3 Å². The third-order valence-electron chi connectivity index (χ3n) is 3.07. The Labute approximate surface area is 106 Å². The zero-order valence-electron chi connectivity index (χ0n) is 10.2. The number of piperidine rings is 1. The molecule has 98 valence electrons. The van der Waals surface area contributed by atoms with Gasteiger partial charge in [0.05, 0.1) is 0 Å². The Hall–Kier alpha value is -1.59. The van der Waals surface area contributed by atoms with Crippen molar-refractivity contribution in [2.45, 2.75) is 25.5 Å². The van der Waals surface area contributed by atoms with Crippen LogP contribution in [-0.4, -0.2) is 35.3 Å². The van der Waals surface area contributed by atoms with Gasteiger partial charge >= 0.3 is 6.09 Å². The number of hydrogen-bond acceptors (Lipinski definition) is 4. The fourth-order valence-electron chi connectivity index (χ4n) is 2.06. The summed E-state index contributed by atoms with van der Waals surface area (Å²) in [5.74, 6) is 0. The molecular weight excluding hydrogens is 232 g/mol. The number of ether oxygens (including phenoxy) is 1. The SMILES string of the molecule is O=C(OCc1ccccc1)N1CCCC(NO)C1. The lowest BCUT2D eigenvalue weighted by atomic mass is 10.1. The first-order valence-electron chi connectivity index (χ1n) is 6.15. The number of carbonyl (C=O) groups is 1. The Morgan fingerprint density at radius 3 is 2.94 bits per heavy atom. The van der Waals surface area contributed by atoms with Crippen LogP contribution in [0, 0.1) is 0 Å². The molecule has 18 heavy (non-hydrogen) atoms. The summed E-state index contributed by atoms with van der Waals surface area (Å²) < 4.78 is 5.24. The van der Waals surface area contributed by atoms with Crippen LogP contribution in [0.4, 0.5) is 4.79 Å². The molecule has 2 rings (SSSR count). The third kappa shape index (κ3) is 3.45. The van der Waals surface area contributed by atoms with Gasteiger partial charge in [0.1, 0.15) is 6.61 Å². The molecule has 1 saturated heterocycles. The molecule has 0 aliphatic carbocycles. The second-order valence-corrected chi connectivity index (χ2v) is 4.45. The molecular formula is C13H18N2O3. The van der Waals surface area contributed by atoms with Gasteiger partial charge < -0.3 is 14.8 Å². The van der Waals surface area contributed by atoms with Crippen molar-refractivity contribution in [1.82, 2.24) is 10.4 Å². The van der Waals surface area contributed by atoms with Crippen LogP contribution in [0.2, 0.25) is 0 Å². The number of rotatable bonds is 3. The highest BCUT2D eigenvalue weighted by molar-refractivity contribution is 5.67. The van der Waals surface area contributed by atoms with Gasteiger partial charge in [-0.05, 0) is 18.4 Å². The molecule has 0 aromatic heterocycles. The van der Waals surface area contributed by atoms with Crippen LogP contribution < -0.4 is 5.48 Å². The maximum atomic E-state index is 11.8. The van der Waals surface area contributed by atoms with E-state index in [0.717, 1.165) is 18.4 Å². The average Bonchev–Trinajstić information content (AvgIpc) is 2.46. The molecule has 5 heteroatoms. The average molecular weight is 250 g/mol. The van der Waals surface area contributed by atoms with E-state index in [1.807, 2.05) is 30.3 Å². The first-order chi connectivity index (χ1) is 8.79. The van der Waals surface area contributed by atoms with Gasteiger partial charge in [-0.2, -0.15) is 0 Å². The van der Waals surface area contributed by atoms with E-state index in [0.29, 0.717) is 13.1 Å². The molecule has 1 heterocycles. The number of amides is 1. The minimum atomic E-state index is -0.321. The lowest BCUT2D eigenvalue weighted by Crippen LogP contribution is -2.47. The number of benzene rings is 1. The fraction of sp³-hybridized carbons (Fsp3) is 0.462. The zero-order chi connectivity index (χ0) is 12.8. The summed E-state index contributed by atoms with van der Waals surface area (Å²) in [5, 5.41) is 8.87. The predicted molar refractivity (Wildman–Crippen MR) is 66.1 cm³/mol. The summed E-state index contributed by atoms with van der Waals surface area (Å²) in [6.07, 6.45) is 1.43. The molecule has 1 amide bonds. The third-order valence-corrected chi connectivity index (χ3v) is 3.07. The molecule has 1 aromatic rings. The summed E-state index contributed by atoms with van der Waals surface area (Å²) in [7, 11) is 0. The molecule has 1 atom stereocenters. The van der Waals surface area contributed by atoms with Crippen LogP contribution in [0.5, 0.6) is 0 Å². The Bertz CT molecular complexity index is 383. The zero-order valence-corrected chi connectivity index (χ0v) is 10.2. The van der Waals surface area contributed by atoms with Gasteiger partial charge in [-0.15, -0.1) is 0 Å². The maximum absolute atomic E-state index is 11.8. The smallest absolute Gasteiger partial charge is 0.410 e. The summed E-state index contributed by atoms with van der Waals surface area (Å²) in [6, 6.07) is 9.53. The normalized spacial score (nSPS) is 19.6. The van der Waals surface area contributed by atoms with Crippen molar-refractivity contribution in [1.29, 1.82) is 0 Å². The van der Waals surface area contributed by atoms with Gasteiger partial charge in [0.25, 0.3) is 0 Å². The lowest BCUT2D eigenvalue weighted by molar-refractivity contribution is 0.0543. The minimum Gasteiger partial charge on any atom is -0.445 e. The van der Waals surface area contributed by atoms with Crippen molar-refractivity contribution in [3.63, 3.8) is 0 Å². The van der Waals surface area contributed by atoms with E-state index < -0.39 is 0 Å². The molecule has 1 aromatic carbocycles. The van der Waals surface area contributed by atoms with Gasteiger partial charge in [-0.1, -0.05) is 30.3 Å². The van der Waals surface area contributed by atoms with Crippen LogP contribution in [0.1, 0.15) is 18.4 Å². The van der Waals surface area contributed by atoms with Gasteiger partial charge in [0.2, 0.25) is 0 Å².